The van der Waals surface area contributed by atoms with Gasteiger partial charge in [0, 0.05) is 89.8 Å². The van der Waals surface area contributed by atoms with Crippen molar-refractivity contribution in [2.24, 2.45) is 0 Å². The van der Waals surface area contributed by atoms with E-state index >= 15 is 0 Å². The van der Waals surface area contributed by atoms with E-state index in [-0.39, 0.29) is 292 Å². The zero-order valence-electron chi connectivity index (χ0n) is 3.04. The number of rotatable bonds is 0. The first-order valence-corrected chi connectivity index (χ1v) is 0. The summed E-state index contributed by atoms with van der Waals surface area (Å²) in [6, 6.07) is 0. The fourth-order valence-electron chi connectivity index (χ4n) is 0. The van der Waals surface area contributed by atoms with E-state index in [1.165, 1.54) is 0 Å². The molecule has 72 valence electrons. The molecule has 0 rings (SSSR count). The Hall–Kier alpha value is 9.39. The normalized spacial score (nSPS) is 0. The van der Waals surface area contributed by atoms with E-state index in [0.29, 0.717) is 0 Å². The molecule has 11 heavy (non-hydrogen) atoms. The Morgan fingerprint density at radius 1 is 1.00 bits per heavy atom. The third kappa shape index (κ3) is 66.5. The molecule has 0 aromatic rings. The van der Waals surface area contributed by atoms with Gasteiger partial charge in [0.25, 0.3) is 0 Å². The molecule has 0 aromatic carbocycles. The third-order valence-electron chi connectivity index (χ3n) is 0. The van der Waals surface area contributed by atoms with Crippen LogP contribution in [0.4, 0.5) is 0 Å². The van der Waals surface area contributed by atoms with Crippen molar-refractivity contribution in [2.45, 2.75) is 0 Å². The monoisotopic (exact) mass is 976 g/mol. The molecule has 0 atom stereocenters. The molecule has 11 heteroatoms. The predicted octanol–water partition coefficient (Wildman–Crippen LogP) is -4.97. The molecule has 0 aliphatic carbocycles. The quantitative estimate of drug-likeness (QED) is 0.214. The van der Waals surface area contributed by atoms with E-state index in [4.69, 9.17) is 0 Å². The average molecular weight is 977 g/mol. The molecule has 0 aliphatic heterocycles. The average Bonchev–Trinajstić information content (AvgIpc) is 0. The summed E-state index contributed by atoms with van der Waals surface area (Å²) in [5, 5.41) is 0. The van der Waals surface area contributed by atoms with Crippen molar-refractivity contribution in [1.82, 2.24) is 0 Å². The van der Waals surface area contributed by atoms with Crippen molar-refractivity contribution in [1.29, 1.82) is 0 Å². The van der Waals surface area contributed by atoms with Gasteiger partial charge in [-0.2, -0.15) is 0 Å². The van der Waals surface area contributed by atoms with Gasteiger partial charge in [-0.1, -0.05) is 0 Å². The van der Waals surface area contributed by atoms with Crippen LogP contribution in [0.15, 0.2) is 0 Å². The van der Waals surface area contributed by atoms with Gasteiger partial charge < -0.3 is 0 Å². The minimum atomic E-state index is 0. The van der Waals surface area contributed by atoms with Gasteiger partial charge in [0.1, 0.15) is 0 Å². The molecule has 0 spiro atoms. The van der Waals surface area contributed by atoms with Crippen LogP contribution < -0.4 is 0 Å². The molecule has 6 radical (unpaired) electrons. The van der Waals surface area contributed by atoms with Crippen molar-refractivity contribution in [3.8, 4) is 0 Å². The summed E-state index contributed by atoms with van der Waals surface area (Å²) in [5.74, 6) is 0. The van der Waals surface area contributed by atoms with E-state index in [9.17, 15) is 0 Å². The van der Waals surface area contributed by atoms with Gasteiger partial charge in [-0.25, -0.2) is 0 Å². The molecule has 0 nitrogen and oxygen atoms in total. The molecule has 0 unspecified atom stereocenters. The van der Waals surface area contributed by atoms with Crippen LogP contribution in [0.5, 0.6) is 0 Å². The zero-order valence-corrected chi connectivity index (χ0v) is 19.7. The number of hydrogen-bond donors (Lipinski definition) is 0. The fraction of sp³-hybridized carbons (Fsp3) is 0. The molecule has 0 bridgehead atoms. The van der Waals surface area contributed by atoms with Crippen molar-refractivity contribution >= 4 is 202 Å². The Labute approximate surface area is 282 Å². The maximum atomic E-state index is 0. The first kappa shape index (κ1) is 86.9. The summed E-state index contributed by atoms with van der Waals surface area (Å²) in [6.45, 7) is 0. The molecule has 0 fully saturated rings. The Morgan fingerprint density at radius 3 is 1.00 bits per heavy atom. The van der Waals surface area contributed by atoms with E-state index in [2.05, 4.69) is 0 Å². The second-order valence-corrected chi connectivity index (χ2v) is 0. The van der Waals surface area contributed by atoms with Crippen LogP contribution in [0, 0.1) is 0 Å². The van der Waals surface area contributed by atoms with Crippen LogP contribution in [0.2, 0.25) is 0 Å². The van der Waals surface area contributed by atoms with Crippen molar-refractivity contribution < 1.29 is 89.8 Å². The van der Waals surface area contributed by atoms with Gasteiger partial charge in [0.05, 0.1) is 0 Å². The van der Waals surface area contributed by atoms with Crippen LogP contribution in [0.1, 0.15) is 0 Å². The van der Waals surface area contributed by atoms with Crippen molar-refractivity contribution in [2.75, 3.05) is 0 Å². The van der Waals surface area contributed by atoms with Crippen LogP contribution in [0.3, 0.4) is 0 Å². The van der Waals surface area contributed by atoms with E-state index < -0.39 is 0 Å². The second-order valence-electron chi connectivity index (χ2n) is 0. The van der Waals surface area contributed by atoms with Gasteiger partial charge >= 0.3 is 202 Å². The summed E-state index contributed by atoms with van der Waals surface area (Å²) in [6.07, 6.45) is 0. The zero-order chi connectivity index (χ0) is 0. The molecule has 0 aromatic heterocycles. The van der Waals surface area contributed by atoms with E-state index in [0.717, 1.165) is 0 Å². The Kier molecular flexibility index (Phi) is 588. The van der Waals surface area contributed by atoms with Crippen LogP contribution in [-0.2, 0) is 89.8 Å². The molecule has 0 saturated carbocycles. The summed E-state index contributed by atoms with van der Waals surface area (Å²) in [5.41, 5.74) is 0. The van der Waals surface area contributed by atoms with Crippen LogP contribution in [0.25, 0.3) is 0 Å². The summed E-state index contributed by atoms with van der Waals surface area (Å²) in [7, 11) is 0. The molecule has 0 amide bonds. The van der Waals surface area contributed by atoms with Crippen LogP contribution >= 0.6 is 0 Å². The SMILES string of the molecule is [Ag].[BaH2].[BiH3].[Co].[Cu].[KH].[LiH].[Mn].[NaH].[Ni].[PbH2]. The van der Waals surface area contributed by atoms with Gasteiger partial charge in [0.2, 0.25) is 0 Å². The molecule has 0 saturated heterocycles. The van der Waals surface area contributed by atoms with Gasteiger partial charge in [-0.15, -0.1) is 0 Å². The van der Waals surface area contributed by atoms with Gasteiger partial charge in [-0.05, 0) is 0 Å². The van der Waals surface area contributed by atoms with Crippen molar-refractivity contribution in [3.05, 3.63) is 0 Å². The summed E-state index contributed by atoms with van der Waals surface area (Å²) < 4.78 is 0. The maximum absolute atomic E-state index is 0. The van der Waals surface area contributed by atoms with E-state index in [1.807, 2.05) is 0 Å². The Morgan fingerprint density at radius 2 is 1.00 bits per heavy atom. The first-order valence-electron chi connectivity index (χ1n) is 0. The third-order valence-corrected chi connectivity index (χ3v) is 0. The summed E-state index contributed by atoms with van der Waals surface area (Å²) in [4.78, 5) is 0. The number of hydrogen-bond acceptors (Lipinski definition) is 0. The van der Waals surface area contributed by atoms with Gasteiger partial charge in [-0.3, -0.25) is 0 Å². The van der Waals surface area contributed by atoms with Crippen LogP contribution in [-0.4, -0.2) is 202 Å². The molecular weight excluding hydrogens is 967 g/mol. The van der Waals surface area contributed by atoms with Gasteiger partial charge in [0.15, 0.2) is 0 Å². The first-order chi connectivity index (χ1) is 0. The minimum absolute atomic E-state index is 0. The standard InChI is InChI=1S/Ag.Ba.Bi.Co.Cu.K.Li.Mn.Na.Ni.Pb.10H. The Bertz CT molecular complexity index is 38.1. The molecule has 0 heterocycles. The topological polar surface area (TPSA) is 0 Å². The predicted molar refractivity (Wildman–Crippen MR) is 48.5 cm³/mol. The van der Waals surface area contributed by atoms with E-state index in [1.54, 1.807) is 0 Å². The molecule has 0 aliphatic rings. The second kappa shape index (κ2) is 74.4. The van der Waals surface area contributed by atoms with Crippen molar-refractivity contribution in [3.63, 3.8) is 0 Å². The molecular formula is H10AgBaBiCoCuKLiMnNaNiPb. The fourth-order valence-corrected chi connectivity index (χ4v) is 0. The summed E-state index contributed by atoms with van der Waals surface area (Å²) >= 11 is 0. The molecule has 0 N–H and O–H groups in total. The Balaban J connectivity index is 0.